The van der Waals surface area contributed by atoms with Crippen molar-refractivity contribution in [1.82, 2.24) is 20.2 Å². The maximum Gasteiger partial charge on any atom is 0.182 e. The molecular weight excluding hydrogens is 310 g/mol. The third-order valence-electron chi connectivity index (χ3n) is 2.65. The topological polar surface area (TPSA) is 78.8 Å². The third kappa shape index (κ3) is 3.51. The minimum Gasteiger partial charge on any atom is -0.399 e. The predicted octanol–water partition coefficient (Wildman–Crippen LogP) is 1.97. The lowest BCUT2D eigenvalue weighted by atomic mass is 10.1. The van der Waals surface area contributed by atoms with Crippen molar-refractivity contribution in [1.29, 1.82) is 0 Å². The van der Waals surface area contributed by atoms with Crippen molar-refractivity contribution in [3.63, 3.8) is 0 Å². The number of aromatic nitrogens is 4. The molecule has 1 aromatic heterocycles. The molecule has 0 fully saturated rings. The molecule has 0 amide bonds. The van der Waals surface area contributed by atoms with E-state index in [-0.39, 0.29) is 0 Å². The van der Waals surface area contributed by atoms with Crippen molar-refractivity contribution < 1.29 is 4.74 Å². The average Bonchev–Trinajstić information content (AvgIpc) is 2.76. The van der Waals surface area contributed by atoms with Crippen LogP contribution in [-0.2, 0) is 11.3 Å². The Morgan fingerprint density at radius 1 is 1.42 bits per heavy atom. The van der Waals surface area contributed by atoms with E-state index in [0.717, 1.165) is 10.0 Å². The monoisotopic (exact) mass is 325 g/mol. The minimum atomic E-state index is 0.330. The molecule has 0 radical (unpaired) electrons. The first kappa shape index (κ1) is 14.0. The van der Waals surface area contributed by atoms with Crippen LogP contribution >= 0.6 is 15.9 Å². The van der Waals surface area contributed by atoms with Crippen molar-refractivity contribution >= 4 is 21.6 Å². The zero-order chi connectivity index (χ0) is 13.8. The molecule has 1 atom stereocenters. The Hall–Kier alpha value is -1.47. The van der Waals surface area contributed by atoms with Gasteiger partial charge in [-0.25, -0.2) is 4.68 Å². The molecule has 7 heteroatoms. The highest BCUT2D eigenvalue weighted by Gasteiger charge is 2.12. The second-order valence-corrected chi connectivity index (χ2v) is 5.43. The molecule has 1 unspecified atom stereocenters. The zero-order valence-corrected chi connectivity index (χ0v) is 12.5. The van der Waals surface area contributed by atoms with Gasteiger partial charge in [-0.15, -0.1) is 5.10 Å². The van der Waals surface area contributed by atoms with Crippen LogP contribution in [0, 0.1) is 5.92 Å². The number of nitrogens with two attached hydrogens (primary N) is 1. The van der Waals surface area contributed by atoms with Crippen molar-refractivity contribution in [2.45, 2.75) is 13.5 Å². The number of halogens is 1. The third-order valence-corrected chi connectivity index (χ3v) is 3.10. The van der Waals surface area contributed by atoms with Crippen LogP contribution < -0.4 is 5.73 Å². The van der Waals surface area contributed by atoms with E-state index in [1.807, 2.05) is 18.2 Å². The van der Waals surface area contributed by atoms with Crippen molar-refractivity contribution in [2.75, 3.05) is 19.5 Å². The molecule has 19 heavy (non-hydrogen) atoms. The molecule has 0 saturated carbocycles. The summed E-state index contributed by atoms with van der Waals surface area (Å²) in [6, 6.07) is 5.64. The van der Waals surface area contributed by atoms with Gasteiger partial charge in [0.25, 0.3) is 0 Å². The summed E-state index contributed by atoms with van der Waals surface area (Å²) < 4.78 is 7.80. The fourth-order valence-corrected chi connectivity index (χ4v) is 2.42. The first-order chi connectivity index (χ1) is 9.10. The Morgan fingerprint density at radius 2 is 2.21 bits per heavy atom. The largest absolute Gasteiger partial charge is 0.399 e. The van der Waals surface area contributed by atoms with Gasteiger partial charge in [-0.2, -0.15) is 0 Å². The summed E-state index contributed by atoms with van der Waals surface area (Å²) in [5, 5.41) is 11.8. The number of nitrogens with zero attached hydrogens (tertiary/aromatic N) is 4. The fraction of sp³-hybridized carbons (Fsp3) is 0.417. The number of anilines is 1. The molecule has 1 aromatic carbocycles. The SMILES string of the molecule is COCC(C)Cn1nnnc1-c1cc(N)cc(Br)c1. The highest BCUT2D eigenvalue weighted by molar-refractivity contribution is 9.10. The minimum absolute atomic E-state index is 0.330. The first-order valence-electron chi connectivity index (χ1n) is 5.91. The molecule has 2 rings (SSSR count). The van der Waals surface area contributed by atoms with Gasteiger partial charge in [-0.05, 0) is 34.5 Å². The number of hydrogen-bond donors (Lipinski definition) is 1. The normalized spacial score (nSPS) is 12.6. The summed E-state index contributed by atoms with van der Waals surface area (Å²) in [5.41, 5.74) is 7.40. The van der Waals surface area contributed by atoms with Gasteiger partial charge in [0.05, 0.1) is 6.61 Å². The number of rotatable bonds is 5. The van der Waals surface area contributed by atoms with E-state index in [1.54, 1.807) is 11.8 Å². The highest BCUT2D eigenvalue weighted by Crippen LogP contribution is 2.24. The summed E-state index contributed by atoms with van der Waals surface area (Å²) in [7, 11) is 1.69. The van der Waals surface area contributed by atoms with E-state index in [9.17, 15) is 0 Å². The standard InChI is InChI=1S/C12H16BrN5O/c1-8(7-19-2)6-18-12(15-16-17-18)9-3-10(13)5-11(14)4-9/h3-5,8H,6-7,14H2,1-2H3. The lowest BCUT2D eigenvalue weighted by molar-refractivity contribution is 0.149. The first-order valence-corrected chi connectivity index (χ1v) is 6.71. The van der Waals surface area contributed by atoms with E-state index in [1.165, 1.54) is 0 Å². The Kier molecular flexibility index (Phi) is 4.49. The summed E-state index contributed by atoms with van der Waals surface area (Å²) in [6.45, 7) is 3.45. The Bertz CT molecular complexity index is 537. The number of tetrazole rings is 1. The van der Waals surface area contributed by atoms with Crippen molar-refractivity contribution in [3.8, 4) is 11.4 Å². The van der Waals surface area contributed by atoms with E-state index < -0.39 is 0 Å². The number of benzene rings is 1. The summed E-state index contributed by atoms with van der Waals surface area (Å²) in [6.07, 6.45) is 0. The average molecular weight is 326 g/mol. The lowest BCUT2D eigenvalue weighted by Crippen LogP contribution is -2.14. The second kappa shape index (κ2) is 6.12. The molecular formula is C12H16BrN5O. The van der Waals surface area contributed by atoms with Gasteiger partial charge < -0.3 is 10.5 Å². The van der Waals surface area contributed by atoms with Crippen LogP contribution in [0.3, 0.4) is 0 Å². The molecule has 0 bridgehead atoms. The predicted molar refractivity (Wildman–Crippen MR) is 76.4 cm³/mol. The van der Waals surface area contributed by atoms with Crippen LogP contribution in [0.4, 0.5) is 5.69 Å². The molecule has 0 aliphatic rings. The van der Waals surface area contributed by atoms with Gasteiger partial charge in [-0.3, -0.25) is 0 Å². The summed E-state index contributed by atoms with van der Waals surface area (Å²) in [5.74, 6) is 1.03. The summed E-state index contributed by atoms with van der Waals surface area (Å²) >= 11 is 3.42. The van der Waals surface area contributed by atoms with Crippen LogP contribution in [0.1, 0.15) is 6.92 Å². The molecule has 0 spiro atoms. The molecule has 0 aliphatic carbocycles. The Balaban J connectivity index is 2.28. The number of nitrogen functional groups attached to an aromatic ring is 1. The van der Waals surface area contributed by atoms with Gasteiger partial charge in [0.1, 0.15) is 0 Å². The Labute approximate surface area is 120 Å². The molecule has 1 heterocycles. The second-order valence-electron chi connectivity index (χ2n) is 4.52. The van der Waals surface area contributed by atoms with Crippen molar-refractivity contribution in [2.24, 2.45) is 5.92 Å². The van der Waals surface area contributed by atoms with Crippen LogP contribution in [0.5, 0.6) is 0 Å². The van der Waals surface area contributed by atoms with Crippen molar-refractivity contribution in [3.05, 3.63) is 22.7 Å². The lowest BCUT2D eigenvalue weighted by Gasteiger charge is -2.11. The molecule has 0 saturated heterocycles. The molecule has 2 aromatic rings. The van der Waals surface area contributed by atoms with Gasteiger partial charge in [0.15, 0.2) is 5.82 Å². The number of methoxy groups -OCH3 is 1. The molecule has 2 N–H and O–H groups in total. The van der Waals surface area contributed by atoms with Gasteiger partial charge in [0.2, 0.25) is 0 Å². The number of hydrogen-bond acceptors (Lipinski definition) is 5. The molecule has 0 aliphatic heterocycles. The summed E-state index contributed by atoms with van der Waals surface area (Å²) in [4.78, 5) is 0. The van der Waals surface area contributed by atoms with Gasteiger partial charge in [-0.1, -0.05) is 22.9 Å². The van der Waals surface area contributed by atoms with E-state index in [4.69, 9.17) is 10.5 Å². The van der Waals surface area contributed by atoms with Crippen LogP contribution in [0.2, 0.25) is 0 Å². The van der Waals surface area contributed by atoms with Crippen LogP contribution in [0.25, 0.3) is 11.4 Å². The fourth-order valence-electron chi connectivity index (χ4n) is 1.91. The van der Waals surface area contributed by atoms with E-state index in [0.29, 0.717) is 30.6 Å². The molecule has 102 valence electrons. The quantitative estimate of drug-likeness (QED) is 0.850. The zero-order valence-electron chi connectivity index (χ0n) is 10.9. The van der Waals surface area contributed by atoms with Crippen LogP contribution in [-0.4, -0.2) is 33.9 Å². The smallest absolute Gasteiger partial charge is 0.182 e. The van der Waals surface area contributed by atoms with E-state index >= 15 is 0 Å². The van der Waals surface area contributed by atoms with Gasteiger partial charge >= 0.3 is 0 Å². The van der Waals surface area contributed by atoms with E-state index in [2.05, 4.69) is 38.4 Å². The maximum absolute atomic E-state index is 5.84. The number of ether oxygens (including phenoxy) is 1. The maximum atomic E-state index is 5.84. The van der Waals surface area contributed by atoms with Crippen LogP contribution in [0.15, 0.2) is 22.7 Å². The highest BCUT2D eigenvalue weighted by atomic mass is 79.9. The Morgan fingerprint density at radius 3 is 2.89 bits per heavy atom. The molecule has 6 nitrogen and oxygen atoms in total. The van der Waals surface area contributed by atoms with Gasteiger partial charge in [0, 0.05) is 29.4 Å².